The molecule has 0 aromatic heterocycles. The van der Waals surface area contributed by atoms with E-state index in [2.05, 4.69) is 12.2 Å². The van der Waals surface area contributed by atoms with Crippen molar-refractivity contribution < 1.29 is 4.74 Å². The van der Waals surface area contributed by atoms with Crippen LogP contribution in [0.5, 0.6) is 0 Å². The molecule has 2 aliphatic heterocycles. The second-order valence-corrected chi connectivity index (χ2v) is 7.08. The van der Waals surface area contributed by atoms with Crippen molar-refractivity contribution in [2.75, 3.05) is 25.5 Å². The first-order valence-corrected chi connectivity index (χ1v) is 8.29. The molecule has 3 nitrogen and oxygen atoms in total. The van der Waals surface area contributed by atoms with Gasteiger partial charge in [-0.15, -0.1) is 0 Å². The van der Waals surface area contributed by atoms with Crippen molar-refractivity contribution in [1.82, 2.24) is 5.32 Å². The summed E-state index contributed by atoms with van der Waals surface area (Å²) in [5.41, 5.74) is 0.295. The van der Waals surface area contributed by atoms with Crippen molar-refractivity contribution in [2.45, 2.75) is 44.6 Å². The van der Waals surface area contributed by atoms with E-state index in [1.807, 2.05) is 11.8 Å². The summed E-state index contributed by atoms with van der Waals surface area (Å²) in [4.78, 5) is 4.83. The zero-order chi connectivity index (χ0) is 12.4. The lowest BCUT2D eigenvalue weighted by Crippen LogP contribution is -2.48. The number of nitrogens with one attached hydrogen (secondary N) is 1. The van der Waals surface area contributed by atoms with Crippen molar-refractivity contribution in [2.24, 2.45) is 16.8 Å². The summed E-state index contributed by atoms with van der Waals surface area (Å²) in [7, 11) is 0. The third kappa shape index (κ3) is 2.69. The van der Waals surface area contributed by atoms with Gasteiger partial charge >= 0.3 is 0 Å². The fourth-order valence-corrected chi connectivity index (χ4v) is 4.54. The van der Waals surface area contributed by atoms with Crippen molar-refractivity contribution in [3.63, 3.8) is 0 Å². The number of rotatable bonds is 2. The summed E-state index contributed by atoms with van der Waals surface area (Å²) >= 11 is 1.92. The van der Waals surface area contributed by atoms with Gasteiger partial charge in [-0.1, -0.05) is 31.5 Å². The highest BCUT2D eigenvalue weighted by Gasteiger charge is 2.38. The van der Waals surface area contributed by atoms with E-state index >= 15 is 0 Å². The number of nitrogens with zero attached hydrogens (tertiary/aromatic N) is 1. The first-order chi connectivity index (χ1) is 8.77. The van der Waals surface area contributed by atoms with Gasteiger partial charge in [-0.3, -0.25) is 4.99 Å². The molecule has 1 aliphatic carbocycles. The van der Waals surface area contributed by atoms with Gasteiger partial charge in [-0.2, -0.15) is 0 Å². The molecule has 2 atom stereocenters. The number of amidine groups is 1. The monoisotopic (exact) mass is 268 g/mol. The van der Waals surface area contributed by atoms with Gasteiger partial charge < -0.3 is 10.1 Å². The fraction of sp³-hybridized carbons (Fsp3) is 0.929. The molecule has 0 bridgehead atoms. The molecule has 3 aliphatic rings. The molecule has 18 heavy (non-hydrogen) atoms. The third-order valence-corrected chi connectivity index (χ3v) is 6.02. The van der Waals surface area contributed by atoms with Crippen LogP contribution in [0.1, 0.15) is 39.0 Å². The lowest BCUT2D eigenvalue weighted by molar-refractivity contribution is 0.0555. The highest BCUT2D eigenvalue weighted by atomic mass is 32.2. The summed E-state index contributed by atoms with van der Waals surface area (Å²) in [6.07, 6.45) is 6.45. The average molecular weight is 268 g/mol. The number of hydrogen-bond donors (Lipinski definition) is 1. The standard InChI is InChI=1S/C14H24N2OS/c1-11-3-2-4-12(11)9-15-13-16-14(10-18-13)5-7-17-8-6-14/h11-12H,2-10H2,1H3,(H,15,16). The topological polar surface area (TPSA) is 33.6 Å². The van der Waals surface area contributed by atoms with Crippen LogP contribution in [0.15, 0.2) is 4.99 Å². The van der Waals surface area contributed by atoms with Gasteiger partial charge in [0, 0.05) is 25.5 Å². The molecule has 3 rings (SSSR count). The SMILES string of the molecule is CC1CCCC1CN=C1NC2(CCOCC2)CS1. The van der Waals surface area contributed by atoms with Crippen LogP contribution in [0.25, 0.3) is 0 Å². The van der Waals surface area contributed by atoms with Crippen LogP contribution in [-0.2, 0) is 4.74 Å². The minimum Gasteiger partial charge on any atom is -0.381 e. The molecule has 0 aromatic carbocycles. The predicted molar refractivity (Wildman–Crippen MR) is 77.2 cm³/mol. The summed E-state index contributed by atoms with van der Waals surface area (Å²) in [6, 6.07) is 0. The molecule has 3 fully saturated rings. The minimum absolute atomic E-state index is 0.295. The molecule has 0 radical (unpaired) electrons. The first kappa shape index (κ1) is 12.8. The largest absolute Gasteiger partial charge is 0.381 e. The number of hydrogen-bond acceptors (Lipinski definition) is 3. The second kappa shape index (κ2) is 5.41. The van der Waals surface area contributed by atoms with Crippen molar-refractivity contribution in [1.29, 1.82) is 0 Å². The van der Waals surface area contributed by atoms with Crippen LogP contribution in [-0.4, -0.2) is 36.2 Å². The fourth-order valence-electron chi connectivity index (χ4n) is 3.32. The van der Waals surface area contributed by atoms with E-state index in [-0.39, 0.29) is 0 Å². The molecule has 4 heteroatoms. The zero-order valence-corrected chi connectivity index (χ0v) is 12.1. The highest BCUT2D eigenvalue weighted by molar-refractivity contribution is 8.14. The number of ether oxygens (including phenoxy) is 1. The maximum Gasteiger partial charge on any atom is 0.157 e. The van der Waals surface area contributed by atoms with E-state index in [4.69, 9.17) is 9.73 Å². The van der Waals surface area contributed by atoms with Crippen LogP contribution in [0.3, 0.4) is 0 Å². The molecule has 0 aromatic rings. The highest BCUT2D eigenvalue weighted by Crippen LogP contribution is 2.34. The minimum atomic E-state index is 0.295. The van der Waals surface area contributed by atoms with Gasteiger partial charge in [0.1, 0.15) is 0 Å². The molecule has 1 spiro atoms. The third-order valence-electron chi connectivity index (χ3n) is 4.82. The van der Waals surface area contributed by atoms with Gasteiger partial charge in [-0.25, -0.2) is 0 Å². The van der Waals surface area contributed by atoms with Crippen LogP contribution in [0, 0.1) is 11.8 Å². The molecule has 2 unspecified atom stereocenters. The van der Waals surface area contributed by atoms with Gasteiger partial charge in [0.05, 0.1) is 5.54 Å². The van der Waals surface area contributed by atoms with Crippen molar-refractivity contribution in [3.05, 3.63) is 0 Å². The molecule has 2 saturated heterocycles. The van der Waals surface area contributed by atoms with Gasteiger partial charge in [0.2, 0.25) is 0 Å². The molecular formula is C14H24N2OS. The number of aliphatic imine (C=N–C) groups is 1. The van der Waals surface area contributed by atoms with E-state index in [1.165, 1.54) is 30.2 Å². The second-order valence-electron chi connectivity index (χ2n) is 6.12. The summed E-state index contributed by atoms with van der Waals surface area (Å²) in [5.74, 6) is 2.87. The Morgan fingerprint density at radius 1 is 1.39 bits per heavy atom. The van der Waals surface area contributed by atoms with E-state index < -0.39 is 0 Å². The lowest BCUT2D eigenvalue weighted by atomic mass is 9.93. The van der Waals surface area contributed by atoms with E-state index in [0.717, 1.165) is 44.4 Å². The molecule has 2 heterocycles. The Bertz CT molecular complexity index is 326. The number of thioether (sulfide) groups is 1. The summed E-state index contributed by atoms with van der Waals surface area (Å²) in [6.45, 7) is 5.22. The lowest BCUT2D eigenvalue weighted by Gasteiger charge is -2.32. The maximum atomic E-state index is 5.46. The summed E-state index contributed by atoms with van der Waals surface area (Å²) < 4.78 is 5.46. The average Bonchev–Trinajstić information content (AvgIpc) is 2.96. The van der Waals surface area contributed by atoms with Crippen LogP contribution in [0.2, 0.25) is 0 Å². The molecule has 0 amide bonds. The van der Waals surface area contributed by atoms with Gasteiger partial charge in [0.15, 0.2) is 5.17 Å². The first-order valence-electron chi connectivity index (χ1n) is 7.31. The molecule has 1 N–H and O–H groups in total. The molecule has 1 saturated carbocycles. The van der Waals surface area contributed by atoms with E-state index in [0.29, 0.717) is 5.54 Å². The van der Waals surface area contributed by atoms with E-state index in [9.17, 15) is 0 Å². The molecular weight excluding hydrogens is 244 g/mol. The van der Waals surface area contributed by atoms with Gasteiger partial charge in [-0.05, 0) is 31.1 Å². The summed E-state index contributed by atoms with van der Waals surface area (Å²) in [5, 5.41) is 4.87. The quantitative estimate of drug-likeness (QED) is 0.836. The van der Waals surface area contributed by atoms with Crippen molar-refractivity contribution >= 4 is 16.9 Å². The Balaban J connectivity index is 1.54. The Morgan fingerprint density at radius 2 is 2.22 bits per heavy atom. The Labute approximate surface area is 114 Å². The Kier molecular flexibility index (Phi) is 3.85. The zero-order valence-electron chi connectivity index (χ0n) is 11.3. The molecule has 102 valence electrons. The predicted octanol–water partition coefficient (Wildman–Crippen LogP) is 2.66. The van der Waals surface area contributed by atoms with E-state index in [1.54, 1.807) is 0 Å². The smallest absolute Gasteiger partial charge is 0.157 e. The van der Waals surface area contributed by atoms with Gasteiger partial charge in [0.25, 0.3) is 0 Å². The maximum absolute atomic E-state index is 5.46. The van der Waals surface area contributed by atoms with Crippen molar-refractivity contribution in [3.8, 4) is 0 Å². The van der Waals surface area contributed by atoms with Crippen LogP contribution in [0.4, 0.5) is 0 Å². The van der Waals surface area contributed by atoms with Crippen LogP contribution < -0.4 is 5.32 Å². The van der Waals surface area contributed by atoms with Crippen LogP contribution >= 0.6 is 11.8 Å². The normalized spacial score (nSPS) is 37.3. The Morgan fingerprint density at radius 3 is 2.94 bits per heavy atom. The Hall–Kier alpha value is -0.220.